The van der Waals surface area contributed by atoms with Crippen LogP contribution in [0.25, 0.3) is 0 Å². The van der Waals surface area contributed by atoms with E-state index >= 15 is 0 Å². The lowest BCUT2D eigenvalue weighted by atomic mass is 10.0. The van der Waals surface area contributed by atoms with Crippen molar-refractivity contribution in [3.05, 3.63) is 0 Å². The summed E-state index contributed by atoms with van der Waals surface area (Å²) in [5.41, 5.74) is 0. The SMILES string of the molecule is CCC(CC)CNCCCC(C)CCl. The van der Waals surface area contributed by atoms with Gasteiger partial charge in [0, 0.05) is 5.88 Å². The first-order valence-corrected chi connectivity index (χ1v) is 6.54. The number of nitrogens with one attached hydrogen (secondary N) is 1. The first-order chi connectivity index (χ1) is 6.74. The minimum Gasteiger partial charge on any atom is -0.316 e. The molecule has 0 radical (unpaired) electrons. The Morgan fingerprint density at radius 1 is 1.21 bits per heavy atom. The standard InChI is InChI=1S/C12H26ClN/c1-4-12(5-2)10-14-8-6-7-11(3)9-13/h11-12,14H,4-10H2,1-3H3. The molecule has 0 aliphatic carbocycles. The summed E-state index contributed by atoms with van der Waals surface area (Å²) in [6.07, 6.45) is 5.09. The van der Waals surface area contributed by atoms with Gasteiger partial charge in [-0.3, -0.25) is 0 Å². The number of hydrogen-bond donors (Lipinski definition) is 1. The van der Waals surface area contributed by atoms with Crippen molar-refractivity contribution in [1.29, 1.82) is 0 Å². The summed E-state index contributed by atoms with van der Waals surface area (Å²) in [5.74, 6) is 2.33. The molecule has 1 nitrogen and oxygen atoms in total. The van der Waals surface area contributed by atoms with Crippen molar-refractivity contribution in [2.75, 3.05) is 19.0 Å². The molecule has 0 aromatic rings. The molecule has 0 saturated heterocycles. The Labute approximate surface area is 94.6 Å². The van der Waals surface area contributed by atoms with Crippen molar-refractivity contribution >= 4 is 11.6 Å². The molecule has 0 heterocycles. The predicted molar refractivity (Wildman–Crippen MR) is 66.1 cm³/mol. The fraction of sp³-hybridized carbons (Fsp3) is 1.00. The van der Waals surface area contributed by atoms with Crippen molar-refractivity contribution in [3.63, 3.8) is 0 Å². The zero-order chi connectivity index (χ0) is 10.8. The third-order valence-electron chi connectivity index (χ3n) is 2.90. The predicted octanol–water partition coefficient (Wildman–Crippen LogP) is 3.67. The molecule has 14 heavy (non-hydrogen) atoms. The Morgan fingerprint density at radius 3 is 2.36 bits per heavy atom. The molecule has 0 aliphatic heterocycles. The van der Waals surface area contributed by atoms with Crippen molar-refractivity contribution in [3.8, 4) is 0 Å². The Hall–Kier alpha value is 0.250. The zero-order valence-corrected chi connectivity index (χ0v) is 10.7. The first-order valence-electron chi connectivity index (χ1n) is 6.01. The second-order valence-electron chi connectivity index (χ2n) is 4.29. The molecule has 2 heteroatoms. The third kappa shape index (κ3) is 7.64. The molecular formula is C12H26ClN. The number of halogens is 1. The first kappa shape index (κ1) is 14.2. The van der Waals surface area contributed by atoms with Crippen LogP contribution in [0.15, 0.2) is 0 Å². The molecule has 1 unspecified atom stereocenters. The van der Waals surface area contributed by atoms with Gasteiger partial charge in [-0.25, -0.2) is 0 Å². The van der Waals surface area contributed by atoms with E-state index in [-0.39, 0.29) is 0 Å². The molecular weight excluding hydrogens is 194 g/mol. The van der Waals surface area contributed by atoms with Gasteiger partial charge >= 0.3 is 0 Å². The van der Waals surface area contributed by atoms with Gasteiger partial charge in [0.1, 0.15) is 0 Å². The van der Waals surface area contributed by atoms with Crippen LogP contribution in [0.4, 0.5) is 0 Å². The Morgan fingerprint density at radius 2 is 1.86 bits per heavy atom. The van der Waals surface area contributed by atoms with Gasteiger partial charge in [0.15, 0.2) is 0 Å². The highest BCUT2D eigenvalue weighted by atomic mass is 35.5. The van der Waals surface area contributed by atoms with E-state index in [1.54, 1.807) is 0 Å². The molecule has 0 aromatic carbocycles. The van der Waals surface area contributed by atoms with Gasteiger partial charge < -0.3 is 5.32 Å². The second-order valence-corrected chi connectivity index (χ2v) is 4.60. The van der Waals surface area contributed by atoms with E-state index in [0.29, 0.717) is 5.92 Å². The average Bonchev–Trinajstić information content (AvgIpc) is 2.23. The minimum atomic E-state index is 0.673. The van der Waals surface area contributed by atoms with Crippen LogP contribution < -0.4 is 5.32 Å². The van der Waals surface area contributed by atoms with E-state index in [9.17, 15) is 0 Å². The van der Waals surface area contributed by atoms with E-state index in [1.807, 2.05) is 0 Å². The van der Waals surface area contributed by atoms with Crippen molar-refractivity contribution in [1.82, 2.24) is 5.32 Å². The van der Waals surface area contributed by atoms with Gasteiger partial charge in [-0.05, 0) is 37.8 Å². The highest BCUT2D eigenvalue weighted by Crippen LogP contribution is 2.07. The van der Waals surface area contributed by atoms with E-state index in [1.165, 1.54) is 32.2 Å². The number of rotatable bonds is 9. The number of alkyl halides is 1. The summed E-state index contributed by atoms with van der Waals surface area (Å²) in [5, 5.41) is 3.52. The van der Waals surface area contributed by atoms with Crippen LogP contribution in [-0.4, -0.2) is 19.0 Å². The van der Waals surface area contributed by atoms with Crippen LogP contribution in [0.5, 0.6) is 0 Å². The highest BCUT2D eigenvalue weighted by molar-refractivity contribution is 6.18. The molecule has 0 rings (SSSR count). The number of hydrogen-bond acceptors (Lipinski definition) is 1. The lowest BCUT2D eigenvalue weighted by molar-refractivity contribution is 0.438. The van der Waals surface area contributed by atoms with E-state index in [2.05, 4.69) is 26.1 Å². The molecule has 0 aliphatic rings. The van der Waals surface area contributed by atoms with Crippen LogP contribution >= 0.6 is 11.6 Å². The van der Waals surface area contributed by atoms with E-state index in [0.717, 1.165) is 18.3 Å². The minimum absolute atomic E-state index is 0.673. The Balaban J connectivity index is 3.20. The lowest BCUT2D eigenvalue weighted by Gasteiger charge is -2.13. The molecule has 0 spiro atoms. The average molecular weight is 220 g/mol. The van der Waals surface area contributed by atoms with Gasteiger partial charge in [-0.15, -0.1) is 11.6 Å². The highest BCUT2D eigenvalue weighted by Gasteiger charge is 2.02. The van der Waals surface area contributed by atoms with Crippen molar-refractivity contribution < 1.29 is 0 Å². The topological polar surface area (TPSA) is 12.0 Å². The fourth-order valence-electron chi connectivity index (χ4n) is 1.54. The molecule has 86 valence electrons. The zero-order valence-electron chi connectivity index (χ0n) is 9.98. The maximum atomic E-state index is 5.74. The molecule has 0 bridgehead atoms. The van der Waals surface area contributed by atoms with Crippen LogP contribution in [0.3, 0.4) is 0 Å². The quantitative estimate of drug-likeness (QED) is 0.461. The van der Waals surface area contributed by atoms with Gasteiger partial charge in [-0.1, -0.05) is 33.6 Å². The summed E-state index contributed by atoms with van der Waals surface area (Å²) in [4.78, 5) is 0. The molecule has 0 fully saturated rings. The maximum Gasteiger partial charge on any atom is 0.0249 e. The van der Waals surface area contributed by atoms with Crippen molar-refractivity contribution in [2.45, 2.75) is 46.5 Å². The Kier molecular flexibility index (Phi) is 9.97. The summed E-state index contributed by atoms with van der Waals surface area (Å²) < 4.78 is 0. The summed E-state index contributed by atoms with van der Waals surface area (Å²) in [7, 11) is 0. The Bertz CT molecular complexity index is 113. The molecule has 1 N–H and O–H groups in total. The van der Waals surface area contributed by atoms with Crippen LogP contribution in [0.2, 0.25) is 0 Å². The van der Waals surface area contributed by atoms with Crippen LogP contribution in [-0.2, 0) is 0 Å². The van der Waals surface area contributed by atoms with E-state index < -0.39 is 0 Å². The summed E-state index contributed by atoms with van der Waals surface area (Å²) >= 11 is 5.74. The molecule has 0 saturated carbocycles. The molecule has 0 amide bonds. The van der Waals surface area contributed by atoms with Gasteiger partial charge in [-0.2, -0.15) is 0 Å². The third-order valence-corrected chi connectivity index (χ3v) is 3.43. The van der Waals surface area contributed by atoms with Crippen molar-refractivity contribution in [2.24, 2.45) is 11.8 Å². The fourth-order valence-corrected chi connectivity index (χ4v) is 1.69. The van der Waals surface area contributed by atoms with Crippen LogP contribution in [0, 0.1) is 11.8 Å². The molecule has 0 aromatic heterocycles. The normalized spacial score (nSPS) is 13.5. The molecule has 1 atom stereocenters. The largest absolute Gasteiger partial charge is 0.316 e. The van der Waals surface area contributed by atoms with Gasteiger partial charge in [0.25, 0.3) is 0 Å². The second kappa shape index (κ2) is 9.79. The maximum absolute atomic E-state index is 5.74. The van der Waals surface area contributed by atoms with Crippen LogP contribution in [0.1, 0.15) is 46.5 Å². The van der Waals surface area contributed by atoms with Gasteiger partial charge in [0.2, 0.25) is 0 Å². The van der Waals surface area contributed by atoms with E-state index in [4.69, 9.17) is 11.6 Å². The monoisotopic (exact) mass is 219 g/mol. The lowest BCUT2D eigenvalue weighted by Crippen LogP contribution is -2.23. The summed E-state index contributed by atoms with van der Waals surface area (Å²) in [6.45, 7) is 9.09. The summed E-state index contributed by atoms with van der Waals surface area (Å²) in [6, 6.07) is 0. The smallest absolute Gasteiger partial charge is 0.0249 e. The van der Waals surface area contributed by atoms with Gasteiger partial charge in [0.05, 0.1) is 0 Å².